The summed E-state index contributed by atoms with van der Waals surface area (Å²) in [5, 5.41) is 30.3. The van der Waals surface area contributed by atoms with Crippen LogP contribution in [0.5, 0.6) is 5.75 Å². The van der Waals surface area contributed by atoms with Gasteiger partial charge >= 0.3 is 5.97 Å². The third kappa shape index (κ3) is 3.92. The van der Waals surface area contributed by atoms with Gasteiger partial charge in [0.25, 0.3) is 0 Å². The van der Waals surface area contributed by atoms with Gasteiger partial charge < -0.3 is 15.3 Å². The normalized spacial score (nSPS) is 14.2. The lowest BCUT2D eigenvalue weighted by molar-refractivity contribution is -0.160. The Hall–Kier alpha value is -2.40. The van der Waals surface area contributed by atoms with E-state index in [9.17, 15) is 24.5 Å². The van der Waals surface area contributed by atoms with Crippen LogP contribution in [0.2, 0.25) is 0 Å². The van der Waals surface area contributed by atoms with Crippen LogP contribution in [-0.2, 0) is 16.6 Å². The Balaban J connectivity index is 2.35. The van der Waals surface area contributed by atoms with Crippen molar-refractivity contribution in [3.05, 3.63) is 65.5 Å². The van der Waals surface area contributed by atoms with E-state index < -0.39 is 22.8 Å². The number of rotatable bonds is 6. The van der Waals surface area contributed by atoms with E-state index in [1.54, 1.807) is 44.2 Å². The van der Waals surface area contributed by atoms with Crippen LogP contribution in [0.1, 0.15) is 31.4 Å². The summed E-state index contributed by atoms with van der Waals surface area (Å²) >= 11 is 0. The van der Waals surface area contributed by atoms with Crippen LogP contribution >= 0.6 is 0 Å². The molecule has 1 atom stereocenters. The lowest BCUT2D eigenvalue weighted by Gasteiger charge is -2.34. The average molecular weight is 332 g/mol. The first-order valence-electron chi connectivity index (χ1n) is 7.63. The van der Waals surface area contributed by atoms with Gasteiger partial charge in [-0.3, -0.25) is 0 Å². The minimum Gasteiger partial charge on any atom is -0.508 e. The molecule has 0 spiro atoms. The van der Waals surface area contributed by atoms with E-state index in [-0.39, 0.29) is 24.2 Å². The number of benzene rings is 2. The molecule has 4 nitrogen and oxygen atoms in total. The number of aliphatic hydroxyl groups is 1. The van der Waals surface area contributed by atoms with Crippen LogP contribution < -0.4 is 0 Å². The summed E-state index contributed by atoms with van der Waals surface area (Å²) < 4.78 is 13.5. The highest BCUT2D eigenvalue weighted by Gasteiger charge is 2.42. The number of halogens is 1. The topological polar surface area (TPSA) is 77.8 Å². The highest BCUT2D eigenvalue weighted by atomic mass is 19.1. The Morgan fingerprint density at radius 3 is 2.33 bits per heavy atom. The van der Waals surface area contributed by atoms with Crippen molar-refractivity contribution in [3.63, 3.8) is 0 Å². The fraction of sp³-hybridized carbons (Fsp3) is 0.316. The molecule has 128 valence electrons. The number of aromatic hydroxyl groups is 1. The van der Waals surface area contributed by atoms with Gasteiger partial charge in [0, 0.05) is 12.0 Å². The lowest BCUT2D eigenvalue weighted by Crippen LogP contribution is -2.45. The van der Waals surface area contributed by atoms with Gasteiger partial charge in [-0.1, -0.05) is 44.2 Å². The molecule has 3 N–H and O–H groups in total. The Labute approximate surface area is 140 Å². The van der Waals surface area contributed by atoms with Crippen molar-refractivity contribution in [2.75, 3.05) is 0 Å². The maximum absolute atomic E-state index is 13.5. The molecule has 2 aromatic rings. The Bertz CT molecular complexity index is 727. The van der Waals surface area contributed by atoms with E-state index in [1.807, 2.05) is 0 Å². The highest BCUT2D eigenvalue weighted by molar-refractivity contribution is 5.78. The predicted molar refractivity (Wildman–Crippen MR) is 88.4 cm³/mol. The SMILES string of the molecule is CC(C)(CC(O)(Cc1ccccc1)C(=O)O)c1cc(F)ccc1O. The summed E-state index contributed by atoms with van der Waals surface area (Å²) in [6, 6.07) is 12.3. The van der Waals surface area contributed by atoms with E-state index in [0.717, 1.165) is 6.07 Å². The lowest BCUT2D eigenvalue weighted by atomic mass is 9.73. The van der Waals surface area contributed by atoms with Crippen LogP contribution in [0.4, 0.5) is 4.39 Å². The number of hydrogen-bond donors (Lipinski definition) is 3. The quantitative estimate of drug-likeness (QED) is 0.759. The summed E-state index contributed by atoms with van der Waals surface area (Å²) in [7, 11) is 0. The second kappa shape index (κ2) is 6.61. The van der Waals surface area contributed by atoms with E-state index >= 15 is 0 Å². The number of phenols is 1. The van der Waals surface area contributed by atoms with Crippen molar-refractivity contribution in [2.45, 2.75) is 37.7 Å². The molecule has 0 aromatic heterocycles. The molecule has 0 bridgehead atoms. The first-order chi connectivity index (χ1) is 11.1. The van der Waals surface area contributed by atoms with Gasteiger partial charge in [-0.2, -0.15) is 0 Å². The summed E-state index contributed by atoms with van der Waals surface area (Å²) in [6.45, 7) is 3.33. The summed E-state index contributed by atoms with van der Waals surface area (Å²) in [6.07, 6.45) is -0.260. The molecule has 0 radical (unpaired) electrons. The van der Waals surface area contributed by atoms with Crippen molar-refractivity contribution in [2.24, 2.45) is 0 Å². The highest BCUT2D eigenvalue weighted by Crippen LogP contribution is 2.38. The van der Waals surface area contributed by atoms with Crippen molar-refractivity contribution in [1.82, 2.24) is 0 Å². The largest absolute Gasteiger partial charge is 0.508 e. The molecule has 1 unspecified atom stereocenters. The molecule has 0 heterocycles. The zero-order valence-corrected chi connectivity index (χ0v) is 13.7. The standard InChI is InChI=1S/C19H21FO4/c1-18(2,15-10-14(20)8-9-16(15)21)12-19(24,17(22)23)11-13-6-4-3-5-7-13/h3-10,21,24H,11-12H2,1-2H3,(H,22,23). The van der Waals surface area contributed by atoms with Crippen molar-refractivity contribution < 1.29 is 24.5 Å². The van der Waals surface area contributed by atoms with Crippen LogP contribution in [-0.4, -0.2) is 26.9 Å². The van der Waals surface area contributed by atoms with Gasteiger partial charge in [-0.15, -0.1) is 0 Å². The third-order valence-electron chi connectivity index (χ3n) is 4.16. The maximum Gasteiger partial charge on any atom is 0.336 e. The monoisotopic (exact) mass is 332 g/mol. The number of phenolic OH excluding ortho intramolecular Hbond substituents is 1. The zero-order valence-electron chi connectivity index (χ0n) is 13.7. The zero-order chi connectivity index (χ0) is 18.0. The number of carboxylic acids is 1. The fourth-order valence-corrected chi connectivity index (χ4v) is 3.02. The van der Waals surface area contributed by atoms with E-state index in [0.29, 0.717) is 5.56 Å². The number of carbonyl (C=O) groups is 1. The second-order valence-electron chi connectivity index (χ2n) is 6.72. The predicted octanol–water partition coefficient (Wildman–Crippen LogP) is 3.26. The molecule has 0 saturated carbocycles. The number of carboxylic acid groups (broad SMARTS) is 1. The minimum atomic E-state index is -2.04. The molecule has 2 rings (SSSR count). The summed E-state index contributed by atoms with van der Waals surface area (Å²) in [5.74, 6) is -2.01. The molecule has 0 amide bonds. The number of aliphatic carboxylic acids is 1. The van der Waals surface area contributed by atoms with E-state index in [1.165, 1.54) is 12.1 Å². The van der Waals surface area contributed by atoms with Gasteiger partial charge in [0.2, 0.25) is 0 Å². The van der Waals surface area contributed by atoms with Gasteiger partial charge in [-0.05, 0) is 35.6 Å². The Morgan fingerprint density at radius 2 is 1.75 bits per heavy atom. The molecule has 2 aromatic carbocycles. The molecule has 0 fully saturated rings. The van der Waals surface area contributed by atoms with Crippen LogP contribution in [0, 0.1) is 5.82 Å². The third-order valence-corrected chi connectivity index (χ3v) is 4.16. The van der Waals surface area contributed by atoms with Gasteiger partial charge in [-0.25, -0.2) is 9.18 Å². The summed E-state index contributed by atoms with van der Waals surface area (Å²) in [4.78, 5) is 11.7. The van der Waals surface area contributed by atoms with Crippen LogP contribution in [0.3, 0.4) is 0 Å². The molecule has 0 aliphatic carbocycles. The average Bonchev–Trinajstić information content (AvgIpc) is 2.49. The first-order valence-corrected chi connectivity index (χ1v) is 7.63. The van der Waals surface area contributed by atoms with Crippen molar-refractivity contribution in [3.8, 4) is 5.75 Å². The van der Waals surface area contributed by atoms with E-state index in [4.69, 9.17) is 0 Å². The van der Waals surface area contributed by atoms with Crippen molar-refractivity contribution in [1.29, 1.82) is 0 Å². The fourth-order valence-electron chi connectivity index (χ4n) is 3.02. The maximum atomic E-state index is 13.5. The second-order valence-corrected chi connectivity index (χ2v) is 6.72. The first kappa shape index (κ1) is 17.9. The molecular formula is C19H21FO4. The molecular weight excluding hydrogens is 311 g/mol. The summed E-state index contributed by atoms with van der Waals surface area (Å²) in [5.41, 5.74) is -2.05. The van der Waals surface area contributed by atoms with Gasteiger partial charge in [0.15, 0.2) is 5.60 Å². The molecule has 0 aliphatic heterocycles. The van der Waals surface area contributed by atoms with Gasteiger partial charge in [0.05, 0.1) is 0 Å². The molecule has 0 saturated heterocycles. The van der Waals surface area contributed by atoms with Crippen molar-refractivity contribution >= 4 is 5.97 Å². The van der Waals surface area contributed by atoms with Crippen LogP contribution in [0.25, 0.3) is 0 Å². The smallest absolute Gasteiger partial charge is 0.336 e. The van der Waals surface area contributed by atoms with E-state index in [2.05, 4.69) is 0 Å². The Kier molecular flexibility index (Phi) is 4.94. The minimum absolute atomic E-state index is 0.0807. The number of hydrogen-bond acceptors (Lipinski definition) is 3. The molecule has 5 heteroatoms. The van der Waals surface area contributed by atoms with Gasteiger partial charge in [0.1, 0.15) is 11.6 Å². The molecule has 24 heavy (non-hydrogen) atoms. The molecule has 0 aliphatic rings. The van der Waals surface area contributed by atoms with Crippen LogP contribution in [0.15, 0.2) is 48.5 Å². The Morgan fingerprint density at radius 1 is 1.12 bits per heavy atom.